The molecule has 138 valence electrons. The van der Waals surface area contributed by atoms with E-state index in [0.29, 0.717) is 11.5 Å². The number of methoxy groups -OCH3 is 2. The molecular formula is C19H17N2O5P. The highest BCUT2D eigenvalue weighted by atomic mass is 31.2. The molecule has 2 heterocycles. The van der Waals surface area contributed by atoms with Crippen LogP contribution >= 0.6 is 7.60 Å². The van der Waals surface area contributed by atoms with Crippen LogP contribution in [0.4, 0.5) is 0 Å². The Morgan fingerprint density at radius 2 is 1.67 bits per heavy atom. The minimum absolute atomic E-state index is 0.0133. The van der Waals surface area contributed by atoms with Gasteiger partial charge in [-0.25, -0.2) is 0 Å². The summed E-state index contributed by atoms with van der Waals surface area (Å²) in [4.78, 5) is 23.1. The minimum Gasteiger partial charge on any atom is -0.493 e. The molecule has 0 aliphatic rings. The van der Waals surface area contributed by atoms with Gasteiger partial charge in [0.15, 0.2) is 11.5 Å². The number of pyridine rings is 1. The van der Waals surface area contributed by atoms with E-state index in [-0.39, 0.29) is 5.30 Å². The van der Waals surface area contributed by atoms with Gasteiger partial charge in [0.1, 0.15) is 0 Å². The van der Waals surface area contributed by atoms with Crippen molar-refractivity contribution in [3.63, 3.8) is 0 Å². The average molecular weight is 384 g/mol. The molecule has 0 aliphatic heterocycles. The van der Waals surface area contributed by atoms with Gasteiger partial charge in [-0.1, -0.05) is 0 Å². The van der Waals surface area contributed by atoms with Gasteiger partial charge in [0.25, 0.3) is 0 Å². The highest BCUT2D eigenvalue weighted by Gasteiger charge is 2.17. The fourth-order valence-corrected chi connectivity index (χ4v) is 3.70. The van der Waals surface area contributed by atoms with Crippen molar-refractivity contribution in [2.45, 2.75) is 0 Å². The molecule has 2 aromatic heterocycles. The predicted octanol–water partition coefficient (Wildman–Crippen LogP) is 3.00. The minimum atomic E-state index is -4.27. The van der Waals surface area contributed by atoms with Gasteiger partial charge in [0.05, 0.1) is 30.6 Å². The molecule has 2 N–H and O–H groups in total. The Hall–Kier alpha value is -2.86. The van der Waals surface area contributed by atoms with Crippen molar-refractivity contribution < 1.29 is 23.8 Å². The van der Waals surface area contributed by atoms with Crippen molar-refractivity contribution in [2.75, 3.05) is 14.2 Å². The summed E-state index contributed by atoms with van der Waals surface area (Å²) in [7, 11) is -1.11. The lowest BCUT2D eigenvalue weighted by Gasteiger charge is -2.12. The summed E-state index contributed by atoms with van der Waals surface area (Å²) in [6.45, 7) is 0. The summed E-state index contributed by atoms with van der Waals surface area (Å²) >= 11 is 0. The zero-order chi connectivity index (χ0) is 19.2. The summed E-state index contributed by atoms with van der Waals surface area (Å²) in [5.74, 6) is 1.20. The van der Waals surface area contributed by atoms with Crippen LogP contribution < -0.4 is 14.8 Å². The molecule has 0 saturated carbocycles. The van der Waals surface area contributed by atoms with Gasteiger partial charge in [0, 0.05) is 34.9 Å². The van der Waals surface area contributed by atoms with Crippen LogP contribution in [0.5, 0.6) is 11.5 Å². The molecule has 7 nitrogen and oxygen atoms in total. The molecular weight excluding hydrogens is 367 g/mol. The van der Waals surface area contributed by atoms with Gasteiger partial charge < -0.3 is 23.8 Å². The van der Waals surface area contributed by atoms with Crippen LogP contribution in [0.3, 0.4) is 0 Å². The van der Waals surface area contributed by atoms with Crippen LogP contribution in [-0.2, 0) is 4.57 Å². The Morgan fingerprint density at radius 3 is 2.30 bits per heavy atom. The first kappa shape index (κ1) is 17.5. The van der Waals surface area contributed by atoms with Gasteiger partial charge in [-0.15, -0.1) is 0 Å². The third kappa shape index (κ3) is 2.96. The first-order chi connectivity index (χ1) is 12.9. The zero-order valence-electron chi connectivity index (χ0n) is 14.7. The van der Waals surface area contributed by atoms with E-state index in [0.717, 1.165) is 27.5 Å². The molecule has 0 fully saturated rings. The molecule has 4 rings (SSSR count). The van der Waals surface area contributed by atoms with E-state index in [4.69, 9.17) is 9.47 Å². The van der Waals surface area contributed by atoms with E-state index in [2.05, 4.69) is 4.98 Å². The lowest BCUT2D eigenvalue weighted by Crippen LogP contribution is -2.04. The Balaban J connectivity index is 1.96. The van der Waals surface area contributed by atoms with Crippen molar-refractivity contribution in [1.82, 2.24) is 9.55 Å². The van der Waals surface area contributed by atoms with Gasteiger partial charge in [-0.2, -0.15) is 0 Å². The summed E-state index contributed by atoms with van der Waals surface area (Å²) in [6.07, 6.45) is 3.68. The lowest BCUT2D eigenvalue weighted by atomic mass is 10.1. The highest BCUT2D eigenvalue weighted by Crippen LogP contribution is 2.36. The summed E-state index contributed by atoms with van der Waals surface area (Å²) in [5.41, 5.74) is 2.46. The van der Waals surface area contributed by atoms with E-state index in [1.165, 1.54) is 12.1 Å². The maximum absolute atomic E-state index is 11.4. The molecule has 27 heavy (non-hydrogen) atoms. The maximum Gasteiger partial charge on any atom is 0.356 e. The second-order valence-corrected chi connectivity index (χ2v) is 7.64. The van der Waals surface area contributed by atoms with E-state index < -0.39 is 7.60 Å². The molecule has 2 aromatic carbocycles. The number of fused-ring (bicyclic) bond motifs is 3. The number of ether oxygens (including phenoxy) is 2. The molecule has 4 aromatic rings. The van der Waals surface area contributed by atoms with Crippen LogP contribution in [0.15, 0.2) is 54.9 Å². The van der Waals surface area contributed by atoms with Gasteiger partial charge in [-0.3, -0.25) is 9.55 Å². The van der Waals surface area contributed by atoms with Crippen molar-refractivity contribution in [3.05, 3.63) is 54.9 Å². The number of nitrogens with zero attached hydrogens (tertiary/aromatic N) is 2. The van der Waals surface area contributed by atoms with Crippen LogP contribution in [0.25, 0.3) is 27.5 Å². The van der Waals surface area contributed by atoms with Crippen molar-refractivity contribution in [3.8, 4) is 17.2 Å². The highest BCUT2D eigenvalue weighted by molar-refractivity contribution is 7.60. The molecule has 0 aliphatic carbocycles. The summed E-state index contributed by atoms with van der Waals surface area (Å²) < 4.78 is 24.1. The normalized spacial score (nSPS) is 11.9. The third-order valence-corrected chi connectivity index (χ3v) is 5.45. The third-order valence-electron chi connectivity index (χ3n) is 4.48. The Morgan fingerprint density at radius 1 is 1.00 bits per heavy atom. The van der Waals surface area contributed by atoms with E-state index in [1.807, 2.05) is 29.0 Å². The SMILES string of the molecule is COc1cc2ncc3ccn(-c4ccc(P(=O)(O)O)cc4)c3c2cc1OC. The number of hydrogen-bond donors (Lipinski definition) is 2. The van der Waals surface area contributed by atoms with E-state index >= 15 is 0 Å². The van der Waals surface area contributed by atoms with Crippen LogP contribution in [0.2, 0.25) is 0 Å². The fraction of sp³-hybridized carbons (Fsp3) is 0.105. The first-order valence-corrected chi connectivity index (χ1v) is 9.72. The Kier molecular flexibility index (Phi) is 4.15. The predicted molar refractivity (Wildman–Crippen MR) is 103 cm³/mol. The zero-order valence-corrected chi connectivity index (χ0v) is 15.6. The second kappa shape index (κ2) is 6.39. The molecule has 0 amide bonds. The summed E-state index contributed by atoms with van der Waals surface area (Å²) in [5, 5.41) is 1.81. The van der Waals surface area contributed by atoms with Crippen LogP contribution in [0.1, 0.15) is 0 Å². The Labute approximate surface area is 154 Å². The summed E-state index contributed by atoms with van der Waals surface area (Å²) in [6, 6.07) is 11.9. The lowest BCUT2D eigenvalue weighted by molar-refractivity contribution is 0.356. The molecule has 0 atom stereocenters. The van der Waals surface area contributed by atoms with E-state index in [1.54, 1.807) is 32.5 Å². The van der Waals surface area contributed by atoms with Crippen molar-refractivity contribution in [2.24, 2.45) is 0 Å². The van der Waals surface area contributed by atoms with Crippen molar-refractivity contribution >= 4 is 34.7 Å². The van der Waals surface area contributed by atoms with Crippen LogP contribution in [-0.4, -0.2) is 33.6 Å². The standard InChI is InChI=1S/C19H17N2O5P/c1-25-17-9-15-16(10-18(17)26-2)20-11-12-7-8-21(19(12)15)13-3-5-14(6-4-13)27(22,23)24/h3-11H,1-2H3,(H2,22,23,24). The maximum atomic E-state index is 11.4. The van der Waals surface area contributed by atoms with Gasteiger partial charge >= 0.3 is 7.60 Å². The quantitative estimate of drug-likeness (QED) is 0.526. The molecule has 8 heteroatoms. The number of hydrogen-bond acceptors (Lipinski definition) is 4. The van der Waals surface area contributed by atoms with E-state index in [9.17, 15) is 14.4 Å². The average Bonchev–Trinajstić information content (AvgIpc) is 3.10. The molecule has 0 spiro atoms. The molecule has 0 radical (unpaired) electrons. The largest absolute Gasteiger partial charge is 0.493 e. The smallest absolute Gasteiger partial charge is 0.356 e. The fourth-order valence-electron chi connectivity index (χ4n) is 3.16. The Bertz CT molecular complexity index is 1190. The first-order valence-electron chi connectivity index (χ1n) is 8.10. The van der Waals surface area contributed by atoms with Crippen molar-refractivity contribution in [1.29, 1.82) is 0 Å². The van der Waals surface area contributed by atoms with Crippen LogP contribution in [0, 0.1) is 0 Å². The number of benzene rings is 2. The molecule has 0 unspecified atom stereocenters. The topological polar surface area (TPSA) is 93.8 Å². The number of rotatable bonds is 4. The number of aromatic nitrogens is 2. The molecule has 0 saturated heterocycles. The monoisotopic (exact) mass is 384 g/mol. The second-order valence-electron chi connectivity index (χ2n) is 6.03. The van der Waals surface area contributed by atoms with Gasteiger partial charge in [0.2, 0.25) is 0 Å². The van der Waals surface area contributed by atoms with Gasteiger partial charge in [-0.05, 0) is 36.4 Å². The molecule has 0 bridgehead atoms.